The Morgan fingerprint density at radius 3 is 0.875 bits per heavy atom. The van der Waals surface area contributed by atoms with Gasteiger partial charge in [-0.15, -0.1) is 0 Å². The molecule has 0 aliphatic heterocycles. The van der Waals surface area contributed by atoms with Crippen LogP contribution in [0.25, 0.3) is 0 Å². The normalized spacial score (nSPS) is 13.4. The predicted molar refractivity (Wildman–Crippen MR) is 359 cm³/mol. The van der Waals surface area contributed by atoms with Gasteiger partial charge in [-0.05, 0) is 89.9 Å². The third-order valence-electron chi connectivity index (χ3n) is 15.7. The number of carbonyl (C=O) groups excluding carboxylic acids is 1. The molecule has 0 fully saturated rings. The van der Waals surface area contributed by atoms with Crippen molar-refractivity contribution < 1.29 is 15.0 Å². The van der Waals surface area contributed by atoms with Crippen LogP contribution in [0.1, 0.15) is 348 Å². The fourth-order valence-electron chi connectivity index (χ4n) is 10.5. The van der Waals surface area contributed by atoms with Crippen molar-refractivity contribution in [1.82, 2.24) is 5.32 Å². The molecule has 462 valence electrons. The van der Waals surface area contributed by atoms with Gasteiger partial charge in [-0.3, -0.25) is 4.79 Å². The lowest BCUT2D eigenvalue weighted by Crippen LogP contribution is -2.45. The first-order valence-corrected chi connectivity index (χ1v) is 35.1. The Morgan fingerprint density at radius 1 is 0.312 bits per heavy atom. The Hall–Kier alpha value is -2.95. The molecule has 2 unspecified atom stereocenters. The van der Waals surface area contributed by atoms with Gasteiger partial charge in [-0.25, -0.2) is 0 Å². The summed E-state index contributed by atoms with van der Waals surface area (Å²) in [5.41, 5.74) is 0. The quantitative estimate of drug-likeness (QED) is 0.0420. The van der Waals surface area contributed by atoms with Crippen molar-refractivity contribution in [3.05, 3.63) is 109 Å². The number of allylic oxidation sites excluding steroid dienone is 17. The van der Waals surface area contributed by atoms with Crippen LogP contribution in [0.15, 0.2) is 109 Å². The zero-order valence-electron chi connectivity index (χ0n) is 53.3. The lowest BCUT2D eigenvalue weighted by Gasteiger charge is -2.19. The standard InChI is InChI=1S/C76H135NO3/c1-3-5-7-9-11-13-15-17-19-21-23-25-27-29-31-32-33-34-35-36-37-38-39-40-41-42-43-44-46-48-50-52-54-56-58-60-62-64-66-68-70-72-76(80)77-74(73-78)75(79)71-69-67-65-63-61-59-57-55-53-51-49-47-45-30-28-26-24-22-20-18-16-14-12-10-8-6-4-2/h5,7,11,13,17,19,23,25,29,31,33-34,36-37,61,63,69,71,74-75,78-79H,3-4,6,8-10,12,14-16,18,20-22,24,26-28,30,32,35,38-60,62,64-68,70,72-73H2,1-2H3,(H,77,80)/b7-5-,13-11-,19-17-,25-23-,31-29-,34-33-,37-36-,63-61+,71-69+. The van der Waals surface area contributed by atoms with Crippen LogP contribution in [-0.2, 0) is 4.79 Å². The summed E-state index contributed by atoms with van der Waals surface area (Å²) in [5.74, 6) is -0.0709. The summed E-state index contributed by atoms with van der Waals surface area (Å²) in [5, 5.41) is 23.3. The molecule has 0 aliphatic rings. The topological polar surface area (TPSA) is 69.6 Å². The molecule has 2 atom stereocenters. The number of aliphatic hydroxyl groups excluding tert-OH is 2. The van der Waals surface area contributed by atoms with E-state index in [0.717, 1.165) is 77.0 Å². The van der Waals surface area contributed by atoms with E-state index in [4.69, 9.17) is 0 Å². The number of nitrogens with one attached hydrogen (secondary N) is 1. The largest absolute Gasteiger partial charge is 0.394 e. The van der Waals surface area contributed by atoms with Crippen molar-refractivity contribution >= 4 is 5.91 Å². The highest BCUT2D eigenvalue weighted by Crippen LogP contribution is 2.18. The van der Waals surface area contributed by atoms with Crippen molar-refractivity contribution in [1.29, 1.82) is 0 Å². The van der Waals surface area contributed by atoms with E-state index < -0.39 is 12.1 Å². The molecule has 0 aromatic heterocycles. The van der Waals surface area contributed by atoms with Gasteiger partial charge in [0.05, 0.1) is 18.8 Å². The van der Waals surface area contributed by atoms with Crippen LogP contribution in [-0.4, -0.2) is 34.9 Å². The SMILES string of the molecule is CC/C=C\C/C=C\C/C=C\C/C=C\C/C=C\C/C=C\C/C=C\CCCCCCCCCCCCCCCCCCCCCC(=O)NC(CO)C(O)/C=C/CC/C=C/CCCCCCCCCCCCCCCCCCCCCCC. The van der Waals surface area contributed by atoms with Gasteiger partial charge >= 0.3 is 0 Å². The van der Waals surface area contributed by atoms with Crippen molar-refractivity contribution in [2.45, 2.75) is 360 Å². The highest BCUT2D eigenvalue weighted by molar-refractivity contribution is 5.76. The van der Waals surface area contributed by atoms with Crippen molar-refractivity contribution in [3.63, 3.8) is 0 Å². The van der Waals surface area contributed by atoms with Gasteiger partial charge in [0.2, 0.25) is 5.91 Å². The molecule has 0 saturated heterocycles. The van der Waals surface area contributed by atoms with Gasteiger partial charge in [0.15, 0.2) is 0 Å². The minimum absolute atomic E-state index is 0.0709. The second kappa shape index (κ2) is 70.3. The number of rotatable bonds is 64. The van der Waals surface area contributed by atoms with E-state index in [9.17, 15) is 15.0 Å². The van der Waals surface area contributed by atoms with Crippen LogP contribution in [0.3, 0.4) is 0 Å². The maximum absolute atomic E-state index is 12.5. The number of amides is 1. The average molecular weight is 1110 g/mol. The van der Waals surface area contributed by atoms with E-state index >= 15 is 0 Å². The molecule has 0 aliphatic carbocycles. The van der Waals surface area contributed by atoms with Crippen molar-refractivity contribution in [3.8, 4) is 0 Å². The molecule has 0 saturated carbocycles. The monoisotopic (exact) mass is 1110 g/mol. The highest BCUT2D eigenvalue weighted by atomic mass is 16.3. The molecule has 4 heteroatoms. The fourth-order valence-corrected chi connectivity index (χ4v) is 10.5. The molecular formula is C76H135NO3. The molecule has 0 heterocycles. The maximum atomic E-state index is 12.5. The Bertz CT molecular complexity index is 1490. The van der Waals surface area contributed by atoms with Crippen LogP contribution in [0, 0.1) is 0 Å². The Morgan fingerprint density at radius 2 is 0.562 bits per heavy atom. The molecule has 4 nitrogen and oxygen atoms in total. The second-order valence-electron chi connectivity index (χ2n) is 23.6. The molecule has 0 aromatic carbocycles. The minimum Gasteiger partial charge on any atom is -0.394 e. The third kappa shape index (κ3) is 65.9. The summed E-state index contributed by atoms with van der Waals surface area (Å²) in [6.07, 6.45) is 106. The first-order chi connectivity index (χ1) is 39.7. The number of carbonyl (C=O) groups is 1. The molecule has 0 spiro atoms. The maximum Gasteiger partial charge on any atom is 0.220 e. The molecular weight excluding hydrogens is 975 g/mol. The van der Waals surface area contributed by atoms with Crippen molar-refractivity contribution in [2.24, 2.45) is 0 Å². The summed E-state index contributed by atoms with van der Waals surface area (Å²) in [6, 6.07) is -0.645. The Balaban J connectivity index is 3.50. The summed E-state index contributed by atoms with van der Waals surface area (Å²) >= 11 is 0. The lowest BCUT2D eigenvalue weighted by molar-refractivity contribution is -0.123. The first-order valence-electron chi connectivity index (χ1n) is 35.1. The zero-order valence-corrected chi connectivity index (χ0v) is 53.3. The van der Waals surface area contributed by atoms with Crippen LogP contribution >= 0.6 is 0 Å². The summed E-state index contributed by atoms with van der Waals surface area (Å²) in [7, 11) is 0. The molecule has 0 bridgehead atoms. The molecule has 0 rings (SSSR count). The van der Waals surface area contributed by atoms with E-state index in [1.54, 1.807) is 6.08 Å². The number of hydrogen-bond donors (Lipinski definition) is 3. The highest BCUT2D eigenvalue weighted by Gasteiger charge is 2.18. The van der Waals surface area contributed by atoms with E-state index in [1.165, 1.54) is 250 Å². The molecule has 80 heavy (non-hydrogen) atoms. The summed E-state index contributed by atoms with van der Waals surface area (Å²) in [6.45, 7) is 4.21. The number of hydrogen-bond acceptors (Lipinski definition) is 3. The number of unbranched alkanes of at least 4 members (excludes halogenated alkanes) is 41. The van der Waals surface area contributed by atoms with Crippen LogP contribution in [0.5, 0.6) is 0 Å². The van der Waals surface area contributed by atoms with Gasteiger partial charge in [-0.1, -0.05) is 361 Å². The van der Waals surface area contributed by atoms with E-state index in [1.807, 2.05) is 6.08 Å². The van der Waals surface area contributed by atoms with Crippen molar-refractivity contribution in [2.75, 3.05) is 6.61 Å². The van der Waals surface area contributed by atoms with Gasteiger partial charge in [0.1, 0.15) is 0 Å². The van der Waals surface area contributed by atoms with Gasteiger partial charge < -0.3 is 15.5 Å². The van der Waals surface area contributed by atoms with Crippen LogP contribution < -0.4 is 5.32 Å². The smallest absolute Gasteiger partial charge is 0.220 e. The molecule has 0 radical (unpaired) electrons. The van der Waals surface area contributed by atoms with Gasteiger partial charge in [0.25, 0.3) is 0 Å². The zero-order chi connectivity index (χ0) is 57.6. The molecule has 1 amide bonds. The molecule has 3 N–H and O–H groups in total. The van der Waals surface area contributed by atoms with E-state index in [0.29, 0.717) is 6.42 Å². The summed E-state index contributed by atoms with van der Waals surface area (Å²) < 4.78 is 0. The third-order valence-corrected chi connectivity index (χ3v) is 15.7. The van der Waals surface area contributed by atoms with Gasteiger partial charge in [0, 0.05) is 6.42 Å². The van der Waals surface area contributed by atoms with E-state index in [-0.39, 0.29) is 12.5 Å². The van der Waals surface area contributed by atoms with Gasteiger partial charge in [-0.2, -0.15) is 0 Å². The van der Waals surface area contributed by atoms with E-state index in [2.05, 4.69) is 116 Å². The van der Waals surface area contributed by atoms with Crippen LogP contribution in [0.4, 0.5) is 0 Å². The lowest BCUT2D eigenvalue weighted by atomic mass is 10.0. The predicted octanol–water partition coefficient (Wildman–Crippen LogP) is 24.2. The second-order valence-corrected chi connectivity index (χ2v) is 23.6. The Kier molecular flexibility index (Phi) is 67.7. The average Bonchev–Trinajstić information content (AvgIpc) is 3.46. The van der Waals surface area contributed by atoms with Crippen LogP contribution in [0.2, 0.25) is 0 Å². The first kappa shape index (κ1) is 77.0. The molecule has 0 aromatic rings. The minimum atomic E-state index is -0.868. The summed E-state index contributed by atoms with van der Waals surface area (Å²) in [4.78, 5) is 12.5. The number of aliphatic hydroxyl groups is 2. The Labute approximate surface area is 499 Å². The fraction of sp³-hybridized carbons (Fsp3) is 0.750.